The molecule has 0 aliphatic rings. The molecule has 4 heteroatoms. The molecule has 0 aromatic rings. The maximum absolute atomic E-state index is 9.00. The van der Waals surface area contributed by atoms with Crippen molar-refractivity contribution < 1.29 is 9.90 Å². The smallest absolute Gasteiger partial charge is 0.300 e. The van der Waals surface area contributed by atoms with E-state index in [4.69, 9.17) is 9.90 Å². The summed E-state index contributed by atoms with van der Waals surface area (Å²) in [6, 6.07) is 0. The van der Waals surface area contributed by atoms with Crippen LogP contribution in [0.1, 0.15) is 124 Å². The first-order chi connectivity index (χ1) is 14.0. The van der Waals surface area contributed by atoms with E-state index in [2.05, 4.69) is 50.4 Å². The SMILES string of the molecule is CC(=O)O.CCCCCCCCCCCCCCCCC=CNC(CC)N(C)C. The molecule has 0 saturated heterocycles. The second-order valence-electron chi connectivity index (χ2n) is 8.36. The van der Waals surface area contributed by atoms with Gasteiger partial charge in [0.1, 0.15) is 0 Å². The van der Waals surface area contributed by atoms with Crippen LogP contribution in [-0.4, -0.2) is 36.2 Å². The third-order valence-electron chi connectivity index (χ3n) is 5.14. The van der Waals surface area contributed by atoms with Crippen molar-refractivity contribution in [3.8, 4) is 0 Å². The summed E-state index contributed by atoms with van der Waals surface area (Å²) in [7, 11) is 4.26. The van der Waals surface area contributed by atoms with Crippen LogP contribution in [-0.2, 0) is 4.79 Å². The van der Waals surface area contributed by atoms with Crippen molar-refractivity contribution >= 4 is 5.97 Å². The van der Waals surface area contributed by atoms with E-state index in [1.54, 1.807) is 0 Å². The molecule has 0 radical (unpaired) electrons. The Labute approximate surface area is 182 Å². The molecular weight excluding hydrogens is 360 g/mol. The number of carbonyl (C=O) groups is 1. The van der Waals surface area contributed by atoms with Gasteiger partial charge in [0.25, 0.3) is 5.97 Å². The fourth-order valence-corrected chi connectivity index (χ4v) is 3.35. The summed E-state index contributed by atoms with van der Waals surface area (Å²) in [4.78, 5) is 11.2. The number of rotatable bonds is 19. The normalized spacial score (nSPS) is 12.1. The van der Waals surface area contributed by atoms with Crippen LogP contribution in [0.25, 0.3) is 0 Å². The Morgan fingerprint density at radius 2 is 1.21 bits per heavy atom. The summed E-state index contributed by atoms with van der Waals surface area (Å²) in [6.45, 7) is 5.60. The van der Waals surface area contributed by atoms with Crippen molar-refractivity contribution in [3.63, 3.8) is 0 Å². The largest absolute Gasteiger partial charge is 0.481 e. The van der Waals surface area contributed by atoms with E-state index in [0.29, 0.717) is 6.17 Å². The number of carboxylic acids is 1. The molecule has 174 valence electrons. The van der Waals surface area contributed by atoms with Gasteiger partial charge in [-0.05, 0) is 39.6 Å². The van der Waals surface area contributed by atoms with E-state index >= 15 is 0 Å². The average molecular weight is 413 g/mol. The summed E-state index contributed by atoms with van der Waals surface area (Å²) < 4.78 is 0. The lowest BCUT2D eigenvalue weighted by molar-refractivity contribution is -0.134. The summed E-state index contributed by atoms with van der Waals surface area (Å²) >= 11 is 0. The van der Waals surface area contributed by atoms with Crippen molar-refractivity contribution in [1.82, 2.24) is 10.2 Å². The number of hydrogen-bond donors (Lipinski definition) is 2. The fraction of sp³-hybridized carbons (Fsp3) is 0.880. The van der Waals surface area contributed by atoms with E-state index in [1.165, 1.54) is 96.3 Å². The van der Waals surface area contributed by atoms with Crippen LogP contribution in [0, 0.1) is 0 Å². The molecule has 0 rings (SSSR count). The van der Waals surface area contributed by atoms with Gasteiger partial charge in [-0.3, -0.25) is 9.69 Å². The van der Waals surface area contributed by atoms with Crippen molar-refractivity contribution in [2.24, 2.45) is 0 Å². The molecule has 0 amide bonds. The van der Waals surface area contributed by atoms with Gasteiger partial charge in [-0.25, -0.2) is 0 Å². The molecule has 0 fully saturated rings. The van der Waals surface area contributed by atoms with Gasteiger partial charge in [-0.1, -0.05) is 103 Å². The zero-order valence-electron chi connectivity index (χ0n) is 20.3. The highest BCUT2D eigenvalue weighted by Crippen LogP contribution is 2.13. The predicted molar refractivity (Wildman–Crippen MR) is 128 cm³/mol. The molecule has 0 bridgehead atoms. The number of nitrogens with zero attached hydrogens (tertiary/aromatic N) is 1. The van der Waals surface area contributed by atoms with Gasteiger partial charge >= 0.3 is 0 Å². The van der Waals surface area contributed by atoms with E-state index in [1.807, 2.05) is 0 Å². The van der Waals surface area contributed by atoms with Gasteiger partial charge in [0, 0.05) is 6.92 Å². The van der Waals surface area contributed by atoms with Gasteiger partial charge in [-0.15, -0.1) is 0 Å². The van der Waals surface area contributed by atoms with E-state index in [-0.39, 0.29) is 0 Å². The Bertz CT molecular complexity index is 353. The highest BCUT2D eigenvalue weighted by Gasteiger charge is 2.03. The Hall–Kier alpha value is -1.03. The van der Waals surface area contributed by atoms with E-state index in [9.17, 15) is 0 Å². The average Bonchev–Trinajstić information content (AvgIpc) is 2.66. The van der Waals surface area contributed by atoms with Gasteiger partial charge < -0.3 is 10.4 Å². The molecular formula is C25H52N2O2. The third kappa shape index (κ3) is 29.3. The quantitative estimate of drug-likeness (QED) is 0.172. The number of unbranched alkanes of at least 4 members (excludes halogenated alkanes) is 14. The molecule has 29 heavy (non-hydrogen) atoms. The molecule has 0 aromatic heterocycles. The van der Waals surface area contributed by atoms with Gasteiger partial charge in [0.15, 0.2) is 0 Å². The molecule has 0 aromatic carbocycles. The lowest BCUT2D eigenvalue weighted by atomic mass is 10.0. The molecule has 0 heterocycles. The number of carboxylic acid groups (broad SMARTS) is 1. The maximum Gasteiger partial charge on any atom is 0.300 e. The number of allylic oxidation sites excluding steroid dienone is 1. The topological polar surface area (TPSA) is 52.6 Å². The van der Waals surface area contributed by atoms with E-state index in [0.717, 1.165) is 13.3 Å². The van der Waals surface area contributed by atoms with Crippen molar-refractivity contribution in [2.45, 2.75) is 130 Å². The van der Waals surface area contributed by atoms with Crippen LogP contribution in [0.3, 0.4) is 0 Å². The first-order valence-corrected chi connectivity index (χ1v) is 12.2. The number of aliphatic carboxylic acids is 1. The molecule has 0 saturated carbocycles. The van der Waals surface area contributed by atoms with Crippen LogP contribution in [0.4, 0.5) is 0 Å². The summed E-state index contributed by atoms with van der Waals surface area (Å²) in [6.07, 6.45) is 27.4. The fourth-order valence-electron chi connectivity index (χ4n) is 3.35. The molecule has 4 nitrogen and oxygen atoms in total. The first kappa shape index (κ1) is 30.2. The Balaban J connectivity index is 0. The zero-order valence-corrected chi connectivity index (χ0v) is 20.3. The second-order valence-corrected chi connectivity index (χ2v) is 8.36. The molecule has 0 aliphatic heterocycles. The predicted octanol–water partition coefficient (Wildman–Crippen LogP) is 7.35. The van der Waals surface area contributed by atoms with Crippen molar-refractivity contribution in [1.29, 1.82) is 0 Å². The summed E-state index contributed by atoms with van der Waals surface area (Å²) in [5, 5.41) is 10.9. The molecule has 2 N–H and O–H groups in total. The first-order valence-electron chi connectivity index (χ1n) is 12.2. The second kappa shape index (κ2) is 25.0. The molecule has 0 aliphatic carbocycles. The van der Waals surface area contributed by atoms with Crippen LogP contribution in [0.5, 0.6) is 0 Å². The van der Waals surface area contributed by atoms with Crippen LogP contribution in [0.15, 0.2) is 12.3 Å². The Morgan fingerprint density at radius 3 is 1.55 bits per heavy atom. The summed E-state index contributed by atoms with van der Waals surface area (Å²) in [5.41, 5.74) is 0. The highest BCUT2D eigenvalue weighted by atomic mass is 16.4. The van der Waals surface area contributed by atoms with Gasteiger partial charge in [0.2, 0.25) is 0 Å². The molecule has 1 unspecified atom stereocenters. The highest BCUT2D eigenvalue weighted by molar-refractivity contribution is 5.62. The number of nitrogens with one attached hydrogen (secondary N) is 1. The summed E-state index contributed by atoms with van der Waals surface area (Å²) in [5.74, 6) is -0.833. The lowest BCUT2D eigenvalue weighted by Gasteiger charge is -2.22. The monoisotopic (exact) mass is 412 g/mol. The van der Waals surface area contributed by atoms with Crippen LogP contribution in [0.2, 0.25) is 0 Å². The molecule has 0 spiro atoms. The van der Waals surface area contributed by atoms with Crippen LogP contribution < -0.4 is 5.32 Å². The third-order valence-corrected chi connectivity index (χ3v) is 5.14. The Morgan fingerprint density at radius 1 is 0.828 bits per heavy atom. The standard InChI is InChI=1S/C23H48N2.C2H4O2/c1-5-7-8-9-10-11-12-13-14-15-16-17-18-19-20-21-22-24-23(6-2)25(3)4;1-2(3)4/h21-24H,5-20H2,1-4H3;1H3,(H,3,4). The van der Waals surface area contributed by atoms with Crippen molar-refractivity contribution in [2.75, 3.05) is 14.1 Å². The minimum Gasteiger partial charge on any atom is -0.481 e. The van der Waals surface area contributed by atoms with Crippen LogP contribution >= 0.6 is 0 Å². The van der Waals surface area contributed by atoms with Crippen molar-refractivity contribution in [3.05, 3.63) is 12.3 Å². The Kier molecular flexibility index (Phi) is 26.0. The van der Waals surface area contributed by atoms with E-state index < -0.39 is 5.97 Å². The van der Waals surface area contributed by atoms with Gasteiger partial charge in [-0.2, -0.15) is 0 Å². The minimum absolute atomic E-state index is 0.465. The molecule has 1 atom stereocenters. The maximum atomic E-state index is 9.00. The number of hydrogen-bond acceptors (Lipinski definition) is 3. The van der Waals surface area contributed by atoms with Gasteiger partial charge in [0.05, 0.1) is 6.17 Å². The zero-order chi connectivity index (χ0) is 22.2. The lowest BCUT2D eigenvalue weighted by Crippen LogP contribution is -2.37. The minimum atomic E-state index is -0.833.